The molecule has 7 nitrogen and oxygen atoms in total. The maximum Gasteiger partial charge on any atom is 0.159 e. The minimum atomic E-state index is -0.279. The maximum atomic E-state index is 13.8. The summed E-state index contributed by atoms with van der Waals surface area (Å²) in [6.07, 6.45) is 2.41. The Hall–Kier alpha value is -2.97. The highest BCUT2D eigenvalue weighted by atomic mass is 19.1. The molecule has 2 aromatic heterocycles. The Morgan fingerprint density at radius 3 is 2.53 bits per heavy atom. The van der Waals surface area contributed by atoms with Gasteiger partial charge in [-0.2, -0.15) is 5.10 Å². The Morgan fingerprint density at radius 1 is 0.938 bits per heavy atom. The highest BCUT2D eigenvalue weighted by Gasteiger charge is 2.27. The fourth-order valence-corrected chi connectivity index (χ4v) is 5.15. The lowest BCUT2D eigenvalue weighted by molar-refractivity contribution is 0.0982. The summed E-state index contributed by atoms with van der Waals surface area (Å²) in [5.41, 5.74) is 4.52. The van der Waals surface area contributed by atoms with Crippen LogP contribution in [0.1, 0.15) is 12.8 Å². The van der Waals surface area contributed by atoms with E-state index >= 15 is 0 Å². The molecule has 4 heterocycles. The van der Waals surface area contributed by atoms with Crippen molar-refractivity contribution in [1.29, 1.82) is 0 Å². The number of aromatic amines is 2. The van der Waals surface area contributed by atoms with Crippen LogP contribution in [0, 0.1) is 5.82 Å². The minimum Gasteiger partial charge on any atom is -0.371 e. The lowest BCUT2D eigenvalue weighted by Gasteiger charge is -2.42. The Labute approximate surface area is 186 Å². The van der Waals surface area contributed by atoms with Crippen LogP contribution in [0.3, 0.4) is 0 Å². The van der Waals surface area contributed by atoms with Crippen molar-refractivity contribution in [2.75, 3.05) is 51.2 Å². The standard InChI is InChI=1S/C24H28FN7/c1-30-10-12-32(13-11-30)17-6-8-31(9-7-17)18-3-5-21-22(15-18)27-24(26-21)23-19-14-16(25)2-4-20(19)28-29-23/h2-5,14-15,17H,6-13H2,1H3,(H,26,27)(H,28,29). The van der Waals surface area contributed by atoms with Crippen LogP contribution in [0.2, 0.25) is 0 Å². The van der Waals surface area contributed by atoms with E-state index in [2.05, 4.69) is 55.1 Å². The third kappa shape index (κ3) is 3.53. The van der Waals surface area contributed by atoms with Crippen LogP contribution < -0.4 is 4.90 Å². The van der Waals surface area contributed by atoms with E-state index < -0.39 is 0 Å². The first kappa shape index (κ1) is 19.7. The summed E-state index contributed by atoms with van der Waals surface area (Å²) in [5, 5.41) is 8.06. The molecule has 0 unspecified atom stereocenters. The van der Waals surface area contributed by atoms with Crippen LogP contribution in [0.4, 0.5) is 10.1 Å². The number of hydrogen-bond acceptors (Lipinski definition) is 5. The zero-order valence-electron chi connectivity index (χ0n) is 18.3. The fourth-order valence-electron chi connectivity index (χ4n) is 5.15. The number of likely N-dealkylation sites (N-methyl/N-ethyl adjacent to an activating group) is 1. The molecular formula is C24H28FN7. The summed E-state index contributed by atoms with van der Waals surface area (Å²) in [5.74, 6) is 0.376. The number of piperidine rings is 1. The number of benzene rings is 2. The van der Waals surface area contributed by atoms with Crippen molar-refractivity contribution < 1.29 is 4.39 Å². The molecule has 0 amide bonds. The van der Waals surface area contributed by atoms with E-state index in [0.29, 0.717) is 17.6 Å². The number of nitrogens with zero attached hydrogens (tertiary/aromatic N) is 5. The highest BCUT2D eigenvalue weighted by Crippen LogP contribution is 2.30. The van der Waals surface area contributed by atoms with Crippen LogP contribution in [0.15, 0.2) is 36.4 Å². The first-order valence-corrected chi connectivity index (χ1v) is 11.5. The number of imidazole rings is 1. The van der Waals surface area contributed by atoms with Crippen LogP contribution in [0.5, 0.6) is 0 Å². The van der Waals surface area contributed by atoms with Crippen molar-refractivity contribution in [2.24, 2.45) is 0 Å². The molecule has 2 N–H and O–H groups in total. The monoisotopic (exact) mass is 433 g/mol. The van der Waals surface area contributed by atoms with Gasteiger partial charge in [0.15, 0.2) is 5.82 Å². The van der Waals surface area contributed by atoms with Gasteiger partial charge < -0.3 is 14.8 Å². The average molecular weight is 434 g/mol. The highest BCUT2D eigenvalue weighted by molar-refractivity contribution is 5.93. The van der Waals surface area contributed by atoms with E-state index in [0.717, 1.165) is 35.0 Å². The summed E-state index contributed by atoms with van der Waals surface area (Å²) in [7, 11) is 2.21. The van der Waals surface area contributed by atoms with Crippen LogP contribution in [-0.4, -0.2) is 82.3 Å². The maximum absolute atomic E-state index is 13.8. The molecular weight excluding hydrogens is 405 g/mol. The summed E-state index contributed by atoms with van der Waals surface area (Å²) in [6.45, 7) is 6.88. The smallest absolute Gasteiger partial charge is 0.159 e. The second-order valence-electron chi connectivity index (χ2n) is 9.11. The summed E-state index contributed by atoms with van der Waals surface area (Å²) in [6, 6.07) is 11.7. The minimum absolute atomic E-state index is 0.279. The van der Waals surface area contributed by atoms with E-state index in [4.69, 9.17) is 4.98 Å². The first-order valence-electron chi connectivity index (χ1n) is 11.5. The number of hydrogen-bond donors (Lipinski definition) is 2. The second kappa shape index (κ2) is 7.86. The number of fused-ring (bicyclic) bond motifs is 2. The van der Waals surface area contributed by atoms with Crippen molar-refractivity contribution in [3.8, 4) is 11.5 Å². The molecule has 2 saturated heterocycles. The van der Waals surface area contributed by atoms with Gasteiger partial charge in [-0.05, 0) is 56.3 Å². The quantitative estimate of drug-likeness (QED) is 0.518. The summed E-state index contributed by atoms with van der Waals surface area (Å²) in [4.78, 5) is 15.7. The molecule has 0 spiro atoms. The number of H-pyrrole nitrogens is 2. The molecule has 4 aromatic rings. The molecule has 2 fully saturated rings. The lowest BCUT2D eigenvalue weighted by atomic mass is 10.0. The zero-order chi connectivity index (χ0) is 21.7. The molecule has 2 aromatic carbocycles. The number of anilines is 1. The van der Waals surface area contributed by atoms with Gasteiger partial charge in [0.1, 0.15) is 11.5 Å². The van der Waals surface area contributed by atoms with Crippen LogP contribution in [-0.2, 0) is 0 Å². The third-order valence-electron chi connectivity index (χ3n) is 7.10. The predicted molar refractivity (Wildman–Crippen MR) is 125 cm³/mol. The normalized spacial score (nSPS) is 19.4. The lowest BCUT2D eigenvalue weighted by Crippen LogP contribution is -2.52. The first-order chi connectivity index (χ1) is 15.6. The molecule has 0 atom stereocenters. The van der Waals surface area contributed by atoms with Gasteiger partial charge in [0, 0.05) is 56.4 Å². The molecule has 0 saturated carbocycles. The van der Waals surface area contributed by atoms with E-state index in [1.54, 1.807) is 6.07 Å². The Morgan fingerprint density at radius 2 is 1.72 bits per heavy atom. The van der Waals surface area contributed by atoms with Gasteiger partial charge in [0.2, 0.25) is 0 Å². The van der Waals surface area contributed by atoms with E-state index in [-0.39, 0.29) is 5.82 Å². The molecule has 8 heteroatoms. The molecule has 166 valence electrons. The Balaban J connectivity index is 1.20. The van der Waals surface area contributed by atoms with Gasteiger partial charge in [-0.25, -0.2) is 9.37 Å². The van der Waals surface area contributed by atoms with Gasteiger partial charge in [-0.3, -0.25) is 10.00 Å². The second-order valence-corrected chi connectivity index (χ2v) is 9.11. The molecule has 2 aliphatic heterocycles. The number of piperazine rings is 1. The van der Waals surface area contributed by atoms with Crippen LogP contribution in [0.25, 0.3) is 33.5 Å². The van der Waals surface area contributed by atoms with Crippen LogP contribution >= 0.6 is 0 Å². The number of halogens is 1. The Kier molecular flexibility index (Phi) is 4.84. The molecule has 6 rings (SSSR count). The average Bonchev–Trinajstić information content (AvgIpc) is 3.42. The molecule has 0 radical (unpaired) electrons. The van der Waals surface area contributed by atoms with Gasteiger partial charge in [0.05, 0.1) is 16.6 Å². The van der Waals surface area contributed by atoms with E-state index in [1.165, 1.54) is 56.8 Å². The van der Waals surface area contributed by atoms with E-state index in [9.17, 15) is 4.39 Å². The van der Waals surface area contributed by atoms with Gasteiger partial charge in [-0.15, -0.1) is 0 Å². The number of rotatable bonds is 3. The van der Waals surface area contributed by atoms with Crippen molar-refractivity contribution in [3.63, 3.8) is 0 Å². The molecule has 0 bridgehead atoms. The SMILES string of the molecule is CN1CCN(C2CCN(c3ccc4[nH]c(-c5n[nH]c6ccc(F)cc56)nc4c3)CC2)CC1. The van der Waals surface area contributed by atoms with Crippen molar-refractivity contribution in [3.05, 3.63) is 42.2 Å². The predicted octanol–water partition coefficient (Wildman–Crippen LogP) is 3.46. The fraction of sp³-hybridized carbons (Fsp3) is 0.417. The van der Waals surface area contributed by atoms with Gasteiger partial charge in [0.25, 0.3) is 0 Å². The van der Waals surface area contributed by atoms with Crippen molar-refractivity contribution in [2.45, 2.75) is 18.9 Å². The largest absolute Gasteiger partial charge is 0.371 e. The molecule has 2 aliphatic rings. The van der Waals surface area contributed by atoms with Gasteiger partial charge >= 0.3 is 0 Å². The zero-order valence-corrected chi connectivity index (χ0v) is 18.3. The Bertz CT molecular complexity index is 1250. The number of aromatic nitrogens is 4. The van der Waals surface area contributed by atoms with Crippen molar-refractivity contribution in [1.82, 2.24) is 30.0 Å². The molecule has 0 aliphatic carbocycles. The van der Waals surface area contributed by atoms with Gasteiger partial charge in [-0.1, -0.05) is 0 Å². The topological polar surface area (TPSA) is 67.1 Å². The summed E-state index contributed by atoms with van der Waals surface area (Å²) < 4.78 is 13.8. The summed E-state index contributed by atoms with van der Waals surface area (Å²) >= 11 is 0. The number of nitrogens with one attached hydrogen (secondary N) is 2. The molecule has 32 heavy (non-hydrogen) atoms. The third-order valence-corrected chi connectivity index (χ3v) is 7.10. The van der Waals surface area contributed by atoms with Crippen molar-refractivity contribution >= 4 is 27.6 Å². The van der Waals surface area contributed by atoms with E-state index in [1.807, 2.05) is 0 Å².